The SMILES string of the molecule is CNC(=O)C1COCCN1Cc1cc(F)ccc1C(N)=S. The number of nitrogens with one attached hydrogen (secondary N) is 1. The van der Waals surface area contributed by atoms with Gasteiger partial charge in [0.15, 0.2) is 0 Å². The number of carbonyl (C=O) groups is 1. The maximum atomic E-state index is 13.5. The van der Waals surface area contributed by atoms with Crippen molar-refractivity contribution in [1.29, 1.82) is 0 Å². The highest BCUT2D eigenvalue weighted by Gasteiger charge is 2.29. The first kappa shape index (κ1) is 15.8. The lowest BCUT2D eigenvalue weighted by Crippen LogP contribution is -2.52. The summed E-state index contributed by atoms with van der Waals surface area (Å²) in [6, 6.07) is 3.91. The molecule has 1 aliphatic heterocycles. The van der Waals surface area contributed by atoms with Crippen molar-refractivity contribution < 1.29 is 13.9 Å². The zero-order chi connectivity index (χ0) is 15.4. The van der Waals surface area contributed by atoms with Crippen LogP contribution in [0.5, 0.6) is 0 Å². The van der Waals surface area contributed by atoms with Crippen LogP contribution in [0.4, 0.5) is 4.39 Å². The van der Waals surface area contributed by atoms with Gasteiger partial charge in [-0.3, -0.25) is 9.69 Å². The van der Waals surface area contributed by atoms with Crippen LogP contribution in [0.3, 0.4) is 0 Å². The Kier molecular flexibility index (Phi) is 5.22. The van der Waals surface area contributed by atoms with E-state index in [1.807, 2.05) is 4.90 Å². The Morgan fingerprint density at radius 3 is 3.05 bits per heavy atom. The highest BCUT2D eigenvalue weighted by atomic mass is 32.1. The summed E-state index contributed by atoms with van der Waals surface area (Å²) in [6.07, 6.45) is 0. The van der Waals surface area contributed by atoms with E-state index >= 15 is 0 Å². The number of hydrogen-bond donors (Lipinski definition) is 2. The van der Waals surface area contributed by atoms with E-state index in [4.69, 9.17) is 22.7 Å². The van der Waals surface area contributed by atoms with Crippen LogP contribution in [0.1, 0.15) is 11.1 Å². The fourth-order valence-electron chi connectivity index (χ4n) is 2.39. The third-order valence-electron chi connectivity index (χ3n) is 3.49. The Bertz CT molecular complexity index is 553. The molecule has 0 radical (unpaired) electrons. The molecule has 1 fully saturated rings. The van der Waals surface area contributed by atoms with Gasteiger partial charge in [0.1, 0.15) is 16.8 Å². The number of morpholine rings is 1. The molecule has 5 nitrogen and oxygen atoms in total. The van der Waals surface area contributed by atoms with Gasteiger partial charge in [-0.1, -0.05) is 12.2 Å². The second kappa shape index (κ2) is 6.93. The summed E-state index contributed by atoms with van der Waals surface area (Å²) in [6.45, 7) is 1.83. The minimum Gasteiger partial charge on any atom is -0.389 e. The van der Waals surface area contributed by atoms with Crippen LogP contribution in [-0.4, -0.2) is 48.6 Å². The van der Waals surface area contributed by atoms with Crippen molar-refractivity contribution >= 4 is 23.1 Å². The minimum absolute atomic E-state index is 0.122. The van der Waals surface area contributed by atoms with Gasteiger partial charge in [0.25, 0.3) is 0 Å². The summed E-state index contributed by atoms with van der Waals surface area (Å²) in [5.41, 5.74) is 6.99. The summed E-state index contributed by atoms with van der Waals surface area (Å²) in [4.78, 5) is 14.1. The number of rotatable bonds is 4. The van der Waals surface area contributed by atoms with Crippen molar-refractivity contribution in [3.63, 3.8) is 0 Å². The van der Waals surface area contributed by atoms with Gasteiger partial charge >= 0.3 is 0 Å². The number of ether oxygens (including phenoxy) is 1. The molecule has 2 rings (SSSR count). The van der Waals surface area contributed by atoms with Crippen molar-refractivity contribution in [1.82, 2.24) is 10.2 Å². The van der Waals surface area contributed by atoms with Gasteiger partial charge in [-0.2, -0.15) is 0 Å². The Hall–Kier alpha value is -1.57. The average Bonchev–Trinajstić information content (AvgIpc) is 2.47. The standard InChI is InChI=1S/C14H18FN3O2S/c1-17-14(19)12-8-20-5-4-18(12)7-9-6-10(15)2-3-11(9)13(16)21/h2-3,6,12H,4-5,7-8H2,1H3,(H2,16,21)(H,17,19). The molecule has 0 aliphatic carbocycles. The third-order valence-corrected chi connectivity index (χ3v) is 3.71. The first-order valence-electron chi connectivity index (χ1n) is 6.64. The first-order valence-corrected chi connectivity index (χ1v) is 7.05. The average molecular weight is 311 g/mol. The molecule has 114 valence electrons. The third kappa shape index (κ3) is 3.75. The maximum Gasteiger partial charge on any atom is 0.239 e. The number of nitrogens with two attached hydrogens (primary N) is 1. The fraction of sp³-hybridized carbons (Fsp3) is 0.429. The summed E-state index contributed by atoms with van der Waals surface area (Å²) in [5, 5.41) is 2.61. The normalized spacial score (nSPS) is 19.2. The van der Waals surface area contributed by atoms with Gasteiger partial charge in [0.2, 0.25) is 5.91 Å². The number of amides is 1. The molecular weight excluding hydrogens is 293 g/mol. The van der Waals surface area contributed by atoms with Crippen LogP contribution in [-0.2, 0) is 16.1 Å². The molecule has 1 aromatic carbocycles. The van der Waals surface area contributed by atoms with Crippen molar-refractivity contribution in [3.8, 4) is 0 Å². The van der Waals surface area contributed by atoms with Crippen LogP contribution in [0.15, 0.2) is 18.2 Å². The van der Waals surface area contributed by atoms with Crippen molar-refractivity contribution in [2.75, 3.05) is 26.8 Å². The van der Waals surface area contributed by atoms with Crippen molar-refractivity contribution in [3.05, 3.63) is 35.1 Å². The Morgan fingerprint density at radius 2 is 2.38 bits per heavy atom. The molecule has 1 aliphatic rings. The Balaban J connectivity index is 2.24. The largest absolute Gasteiger partial charge is 0.389 e. The van der Waals surface area contributed by atoms with E-state index in [0.717, 1.165) is 0 Å². The molecule has 1 saturated heterocycles. The zero-order valence-electron chi connectivity index (χ0n) is 11.8. The number of benzene rings is 1. The minimum atomic E-state index is -0.397. The van der Waals surface area contributed by atoms with E-state index in [1.54, 1.807) is 13.1 Å². The molecule has 21 heavy (non-hydrogen) atoms. The Labute approximate surface area is 128 Å². The quantitative estimate of drug-likeness (QED) is 0.788. The molecule has 0 bridgehead atoms. The number of hydrogen-bond acceptors (Lipinski definition) is 4. The van der Waals surface area contributed by atoms with Gasteiger partial charge in [-0.15, -0.1) is 0 Å². The molecule has 1 aromatic rings. The molecule has 0 spiro atoms. The van der Waals surface area contributed by atoms with Gasteiger partial charge in [-0.25, -0.2) is 4.39 Å². The molecule has 0 aromatic heterocycles. The van der Waals surface area contributed by atoms with E-state index in [-0.39, 0.29) is 16.7 Å². The smallest absolute Gasteiger partial charge is 0.239 e. The number of halogens is 1. The van der Waals surface area contributed by atoms with Gasteiger partial charge in [0, 0.05) is 25.7 Å². The fourth-order valence-corrected chi connectivity index (χ4v) is 2.59. The number of thiocarbonyl (C=S) groups is 1. The number of carbonyl (C=O) groups excluding carboxylic acids is 1. The predicted molar refractivity (Wildman–Crippen MR) is 81.4 cm³/mol. The molecule has 0 saturated carbocycles. The molecule has 1 heterocycles. The molecule has 1 amide bonds. The first-order chi connectivity index (χ1) is 10.0. The van der Waals surface area contributed by atoms with Gasteiger partial charge in [-0.05, 0) is 23.8 Å². The van der Waals surface area contributed by atoms with Crippen LogP contribution in [0.2, 0.25) is 0 Å². The lowest BCUT2D eigenvalue weighted by Gasteiger charge is -2.34. The van der Waals surface area contributed by atoms with E-state index < -0.39 is 6.04 Å². The topological polar surface area (TPSA) is 67.6 Å². The summed E-state index contributed by atoms with van der Waals surface area (Å²) in [5.74, 6) is -0.474. The molecule has 1 atom stereocenters. The zero-order valence-corrected chi connectivity index (χ0v) is 12.6. The second-order valence-corrected chi connectivity index (χ2v) is 5.28. The summed E-state index contributed by atoms with van der Waals surface area (Å²) < 4.78 is 18.8. The van der Waals surface area contributed by atoms with Crippen LogP contribution >= 0.6 is 12.2 Å². The van der Waals surface area contributed by atoms with E-state index in [2.05, 4.69) is 5.32 Å². The van der Waals surface area contributed by atoms with Gasteiger partial charge < -0.3 is 15.8 Å². The molecular formula is C14H18FN3O2S. The number of nitrogens with zero attached hydrogens (tertiary/aromatic N) is 1. The second-order valence-electron chi connectivity index (χ2n) is 4.84. The van der Waals surface area contributed by atoms with E-state index in [0.29, 0.717) is 37.4 Å². The van der Waals surface area contributed by atoms with Crippen molar-refractivity contribution in [2.24, 2.45) is 5.73 Å². The van der Waals surface area contributed by atoms with Crippen LogP contribution in [0, 0.1) is 5.82 Å². The van der Waals surface area contributed by atoms with E-state index in [1.165, 1.54) is 12.1 Å². The molecule has 1 unspecified atom stereocenters. The Morgan fingerprint density at radius 1 is 1.62 bits per heavy atom. The lowest BCUT2D eigenvalue weighted by atomic mass is 10.1. The highest BCUT2D eigenvalue weighted by molar-refractivity contribution is 7.80. The highest BCUT2D eigenvalue weighted by Crippen LogP contribution is 2.17. The van der Waals surface area contributed by atoms with Crippen LogP contribution in [0.25, 0.3) is 0 Å². The summed E-state index contributed by atoms with van der Waals surface area (Å²) >= 11 is 5.00. The molecule has 3 N–H and O–H groups in total. The van der Waals surface area contributed by atoms with Crippen molar-refractivity contribution in [2.45, 2.75) is 12.6 Å². The van der Waals surface area contributed by atoms with Crippen LogP contribution < -0.4 is 11.1 Å². The number of likely N-dealkylation sites (N-methyl/N-ethyl adjacent to an activating group) is 1. The monoisotopic (exact) mass is 311 g/mol. The molecule has 7 heteroatoms. The summed E-state index contributed by atoms with van der Waals surface area (Å²) in [7, 11) is 1.58. The lowest BCUT2D eigenvalue weighted by molar-refractivity contribution is -0.132. The van der Waals surface area contributed by atoms with E-state index in [9.17, 15) is 9.18 Å². The predicted octanol–water partition coefficient (Wildman–Crippen LogP) is 0.407. The van der Waals surface area contributed by atoms with Gasteiger partial charge in [0.05, 0.1) is 13.2 Å². The maximum absolute atomic E-state index is 13.5.